The molecular weight excluding hydrogens is 176 g/mol. The summed E-state index contributed by atoms with van der Waals surface area (Å²) in [6.45, 7) is 0. The number of hydrogen-bond donors (Lipinski definition) is 1. The van der Waals surface area contributed by atoms with Crippen LogP contribution in [0.5, 0.6) is 0 Å². The van der Waals surface area contributed by atoms with Crippen LogP contribution in [0, 0.1) is 0 Å². The molecule has 3 nitrogen and oxygen atoms in total. The molecule has 0 aromatic carbocycles. The fraction of sp³-hybridized carbons (Fsp3) is 0.909. The maximum Gasteiger partial charge on any atom is 0.243 e. The van der Waals surface area contributed by atoms with Gasteiger partial charge in [0.05, 0.1) is 5.54 Å². The number of hydrogen-bond acceptors (Lipinski definition) is 2. The number of nitrogens with two attached hydrogens (primary N) is 1. The fourth-order valence-electron chi connectivity index (χ4n) is 3.27. The van der Waals surface area contributed by atoms with E-state index >= 15 is 0 Å². The summed E-state index contributed by atoms with van der Waals surface area (Å²) in [4.78, 5) is 14.3. The van der Waals surface area contributed by atoms with Crippen molar-refractivity contribution in [2.75, 3.05) is 0 Å². The van der Waals surface area contributed by atoms with Gasteiger partial charge in [-0.1, -0.05) is 0 Å². The largest absolute Gasteiger partial charge is 0.335 e. The third-order valence-corrected chi connectivity index (χ3v) is 4.36. The summed E-state index contributed by atoms with van der Waals surface area (Å²) in [6.07, 6.45) is 7.80. The van der Waals surface area contributed by atoms with E-state index < -0.39 is 5.54 Å². The first kappa shape index (κ1) is 8.72. The highest BCUT2D eigenvalue weighted by molar-refractivity contribution is 5.88. The first-order valence-corrected chi connectivity index (χ1v) is 5.82. The zero-order valence-electron chi connectivity index (χ0n) is 8.54. The third kappa shape index (κ3) is 0.991. The van der Waals surface area contributed by atoms with Gasteiger partial charge in [0.25, 0.3) is 0 Å². The van der Waals surface area contributed by atoms with Crippen LogP contribution in [-0.4, -0.2) is 28.4 Å². The molecule has 3 fully saturated rings. The van der Waals surface area contributed by atoms with Gasteiger partial charge in [-0.15, -0.1) is 0 Å². The lowest BCUT2D eigenvalue weighted by Crippen LogP contribution is -2.60. The van der Waals surface area contributed by atoms with E-state index in [0.717, 1.165) is 19.3 Å². The van der Waals surface area contributed by atoms with Gasteiger partial charge in [-0.2, -0.15) is 0 Å². The monoisotopic (exact) mass is 194 g/mol. The molecule has 1 aliphatic carbocycles. The molecule has 2 saturated heterocycles. The van der Waals surface area contributed by atoms with Crippen molar-refractivity contribution in [2.45, 2.75) is 62.6 Å². The van der Waals surface area contributed by atoms with Crippen LogP contribution in [0.3, 0.4) is 0 Å². The predicted molar refractivity (Wildman–Crippen MR) is 53.7 cm³/mol. The maximum absolute atomic E-state index is 12.2. The Morgan fingerprint density at radius 2 is 1.64 bits per heavy atom. The molecule has 0 aromatic rings. The van der Waals surface area contributed by atoms with Crippen molar-refractivity contribution in [2.24, 2.45) is 5.73 Å². The molecule has 1 amide bonds. The van der Waals surface area contributed by atoms with E-state index in [1.54, 1.807) is 0 Å². The van der Waals surface area contributed by atoms with E-state index in [-0.39, 0.29) is 5.91 Å². The Morgan fingerprint density at radius 3 is 2.00 bits per heavy atom. The third-order valence-electron chi connectivity index (χ3n) is 4.36. The van der Waals surface area contributed by atoms with Crippen molar-refractivity contribution in [3.05, 3.63) is 0 Å². The van der Waals surface area contributed by atoms with E-state index in [2.05, 4.69) is 4.90 Å². The zero-order chi connectivity index (χ0) is 9.76. The van der Waals surface area contributed by atoms with Gasteiger partial charge in [-0.3, -0.25) is 4.79 Å². The summed E-state index contributed by atoms with van der Waals surface area (Å²) in [5.41, 5.74) is 5.62. The van der Waals surface area contributed by atoms with E-state index in [0.29, 0.717) is 12.1 Å². The quantitative estimate of drug-likeness (QED) is 0.677. The molecule has 2 heterocycles. The zero-order valence-corrected chi connectivity index (χ0v) is 8.54. The molecule has 2 bridgehead atoms. The molecular formula is C11H18N2O. The standard InChI is InChI=1S/C11H18N2O/c12-11(6-1-7-11)10(14)13-8-2-3-9(13)5-4-8/h8-9H,1-7,12H2. The Hall–Kier alpha value is -0.570. The first-order chi connectivity index (χ1) is 6.71. The van der Waals surface area contributed by atoms with Crippen LogP contribution in [0.1, 0.15) is 44.9 Å². The van der Waals surface area contributed by atoms with Gasteiger partial charge in [0.2, 0.25) is 5.91 Å². The van der Waals surface area contributed by atoms with E-state index in [4.69, 9.17) is 5.73 Å². The molecule has 14 heavy (non-hydrogen) atoms. The summed E-state index contributed by atoms with van der Waals surface area (Å²) in [5, 5.41) is 0. The molecule has 0 radical (unpaired) electrons. The highest BCUT2D eigenvalue weighted by Gasteiger charge is 2.50. The lowest BCUT2D eigenvalue weighted by atomic mass is 9.76. The van der Waals surface area contributed by atoms with Gasteiger partial charge in [0.15, 0.2) is 0 Å². The Bertz CT molecular complexity index is 252. The molecule has 0 spiro atoms. The van der Waals surface area contributed by atoms with Crippen LogP contribution in [0.15, 0.2) is 0 Å². The molecule has 0 unspecified atom stereocenters. The number of amides is 1. The van der Waals surface area contributed by atoms with Gasteiger partial charge >= 0.3 is 0 Å². The van der Waals surface area contributed by atoms with Crippen LogP contribution in [0.2, 0.25) is 0 Å². The number of carbonyl (C=O) groups is 1. The van der Waals surface area contributed by atoms with Crippen LogP contribution in [-0.2, 0) is 4.79 Å². The molecule has 3 heteroatoms. The lowest BCUT2D eigenvalue weighted by molar-refractivity contribution is -0.141. The normalized spacial score (nSPS) is 38.5. The topological polar surface area (TPSA) is 46.3 Å². The molecule has 3 rings (SSSR count). The van der Waals surface area contributed by atoms with Crippen molar-refractivity contribution in [1.29, 1.82) is 0 Å². The highest BCUT2D eigenvalue weighted by Crippen LogP contribution is 2.41. The Labute approximate surface area is 84.6 Å². The summed E-state index contributed by atoms with van der Waals surface area (Å²) < 4.78 is 0. The van der Waals surface area contributed by atoms with Crippen molar-refractivity contribution in [3.8, 4) is 0 Å². The van der Waals surface area contributed by atoms with E-state index in [9.17, 15) is 4.79 Å². The Kier molecular flexibility index (Phi) is 1.69. The van der Waals surface area contributed by atoms with Gasteiger partial charge in [0.1, 0.15) is 0 Å². The smallest absolute Gasteiger partial charge is 0.243 e. The molecule has 0 aromatic heterocycles. The first-order valence-electron chi connectivity index (χ1n) is 5.82. The summed E-state index contributed by atoms with van der Waals surface area (Å²) in [6, 6.07) is 1.07. The summed E-state index contributed by atoms with van der Waals surface area (Å²) in [5.74, 6) is 0.258. The number of fused-ring (bicyclic) bond motifs is 2. The summed E-state index contributed by atoms with van der Waals surface area (Å²) >= 11 is 0. The van der Waals surface area contributed by atoms with Crippen molar-refractivity contribution >= 4 is 5.91 Å². The average molecular weight is 194 g/mol. The van der Waals surface area contributed by atoms with Crippen molar-refractivity contribution in [1.82, 2.24) is 4.90 Å². The Morgan fingerprint density at radius 1 is 1.14 bits per heavy atom. The lowest BCUT2D eigenvalue weighted by Gasteiger charge is -2.40. The molecule has 2 N–H and O–H groups in total. The predicted octanol–water partition coefficient (Wildman–Crippen LogP) is 1.02. The van der Waals surface area contributed by atoms with E-state index in [1.807, 2.05) is 0 Å². The number of nitrogens with zero attached hydrogens (tertiary/aromatic N) is 1. The van der Waals surface area contributed by atoms with Crippen LogP contribution >= 0.6 is 0 Å². The Balaban J connectivity index is 1.79. The van der Waals surface area contributed by atoms with Gasteiger partial charge in [0, 0.05) is 12.1 Å². The highest BCUT2D eigenvalue weighted by atomic mass is 16.2. The van der Waals surface area contributed by atoms with Crippen molar-refractivity contribution < 1.29 is 4.79 Å². The minimum Gasteiger partial charge on any atom is -0.335 e. The minimum atomic E-state index is -0.467. The maximum atomic E-state index is 12.2. The number of rotatable bonds is 1. The number of carbonyl (C=O) groups excluding carboxylic acids is 1. The van der Waals surface area contributed by atoms with Gasteiger partial charge < -0.3 is 10.6 Å². The van der Waals surface area contributed by atoms with E-state index in [1.165, 1.54) is 25.7 Å². The van der Waals surface area contributed by atoms with Gasteiger partial charge in [-0.05, 0) is 44.9 Å². The molecule has 3 aliphatic rings. The van der Waals surface area contributed by atoms with Gasteiger partial charge in [-0.25, -0.2) is 0 Å². The van der Waals surface area contributed by atoms with Crippen LogP contribution in [0.25, 0.3) is 0 Å². The summed E-state index contributed by atoms with van der Waals surface area (Å²) in [7, 11) is 0. The molecule has 1 saturated carbocycles. The molecule has 78 valence electrons. The molecule has 2 aliphatic heterocycles. The second-order valence-corrected chi connectivity index (χ2v) is 5.18. The van der Waals surface area contributed by atoms with Crippen molar-refractivity contribution in [3.63, 3.8) is 0 Å². The van der Waals surface area contributed by atoms with Crippen LogP contribution in [0.4, 0.5) is 0 Å². The van der Waals surface area contributed by atoms with Crippen LogP contribution < -0.4 is 5.73 Å². The average Bonchev–Trinajstić information content (AvgIpc) is 2.72. The minimum absolute atomic E-state index is 0.258. The second-order valence-electron chi connectivity index (χ2n) is 5.18. The SMILES string of the molecule is NC1(C(=O)N2C3CCC2CC3)CCC1. The molecule has 0 atom stereocenters. The fourth-order valence-corrected chi connectivity index (χ4v) is 3.27. The second kappa shape index (κ2) is 2.72.